The van der Waals surface area contributed by atoms with Crippen LogP contribution in [0.5, 0.6) is 0 Å². The van der Waals surface area contributed by atoms with Crippen LogP contribution in [-0.2, 0) is 7.05 Å². The van der Waals surface area contributed by atoms with Gasteiger partial charge in [-0.2, -0.15) is 0 Å². The van der Waals surface area contributed by atoms with Crippen molar-refractivity contribution in [2.45, 2.75) is 25.7 Å². The first-order chi connectivity index (χ1) is 6.77. The van der Waals surface area contributed by atoms with Gasteiger partial charge < -0.3 is 4.57 Å². The Morgan fingerprint density at radius 3 is 2.79 bits per heavy atom. The molecule has 0 amide bonds. The zero-order valence-electron chi connectivity index (χ0n) is 8.75. The zero-order valence-corrected chi connectivity index (χ0v) is 8.75. The monoisotopic (exact) mass is 185 g/mol. The molecule has 0 aliphatic heterocycles. The number of aromatic nitrogens is 1. The van der Waals surface area contributed by atoms with Gasteiger partial charge in [0.25, 0.3) is 0 Å². The molecule has 0 spiro atoms. The van der Waals surface area contributed by atoms with Crippen molar-refractivity contribution in [3.8, 4) is 0 Å². The molecule has 1 nitrogen and oxygen atoms in total. The van der Waals surface area contributed by atoms with Crippen LogP contribution in [0.15, 0.2) is 24.3 Å². The van der Waals surface area contributed by atoms with Crippen molar-refractivity contribution in [2.75, 3.05) is 0 Å². The molecule has 72 valence electrons. The van der Waals surface area contributed by atoms with Crippen molar-refractivity contribution in [3.05, 3.63) is 35.5 Å². The molecule has 0 radical (unpaired) electrons. The summed E-state index contributed by atoms with van der Waals surface area (Å²) in [7, 11) is 2.17. The van der Waals surface area contributed by atoms with E-state index < -0.39 is 0 Å². The molecule has 0 bridgehead atoms. The summed E-state index contributed by atoms with van der Waals surface area (Å²) in [6.45, 7) is 2.18. The fraction of sp³-hybridized carbons (Fsp3) is 0.385. The fourth-order valence-electron chi connectivity index (χ4n) is 2.31. The highest BCUT2D eigenvalue weighted by atomic mass is 14.9. The third-order valence-corrected chi connectivity index (χ3v) is 3.34. The first-order valence-electron chi connectivity index (χ1n) is 5.32. The van der Waals surface area contributed by atoms with Gasteiger partial charge in [0.2, 0.25) is 0 Å². The summed E-state index contributed by atoms with van der Waals surface area (Å²) in [5.74, 6) is 0.840. The predicted octanol–water partition coefficient (Wildman–Crippen LogP) is 3.36. The Morgan fingerprint density at radius 2 is 2.07 bits per heavy atom. The van der Waals surface area contributed by atoms with E-state index in [1.807, 2.05) is 0 Å². The average molecular weight is 185 g/mol. The van der Waals surface area contributed by atoms with Gasteiger partial charge in [-0.05, 0) is 37.3 Å². The van der Waals surface area contributed by atoms with Crippen LogP contribution in [0.4, 0.5) is 0 Å². The minimum atomic E-state index is 0.840. The largest absolute Gasteiger partial charge is 0.348 e. The van der Waals surface area contributed by atoms with Crippen LogP contribution in [0.2, 0.25) is 0 Å². The summed E-state index contributed by atoms with van der Waals surface area (Å²) in [5.41, 5.74) is 4.36. The van der Waals surface area contributed by atoms with Gasteiger partial charge >= 0.3 is 0 Å². The molecule has 0 unspecified atom stereocenters. The second-order valence-corrected chi connectivity index (χ2v) is 4.40. The van der Waals surface area contributed by atoms with Gasteiger partial charge in [0.05, 0.1) is 5.52 Å². The van der Waals surface area contributed by atoms with E-state index in [4.69, 9.17) is 0 Å². The minimum absolute atomic E-state index is 0.840. The predicted molar refractivity (Wildman–Crippen MR) is 59.6 cm³/mol. The molecule has 14 heavy (non-hydrogen) atoms. The van der Waals surface area contributed by atoms with Gasteiger partial charge in [0.15, 0.2) is 0 Å². The van der Waals surface area contributed by atoms with Gasteiger partial charge in [-0.1, -0.05) is 18.2 Å². The molecule has 1 saturated carbocycles. The Kier molecular flexibility index (Phi) is 1.52. The van der Waals surface area contributed by atoms with Gasteiger partial charge in [-0.15, -0.1) is 0 Å². The van der Waals surface area contributed by atoms with E-state index in [1.54, 1.807) is 5.56 Å². The SMILES string of the molecule is Cc1cc2cccc(C3CC3)c2n1C. The maximum Gasteiger partial charge on any atom is 0.0515 e. The van der Waals surface area contributed by atoms with E-state index in [0.717, 1.165) is 5.92 Å². The van der Waals surface area contributed by atoms with Crippen LogP contribution in [0, 0.1) is 6.92 Å². The van der Waals surface area contributed by atoms with Crippen LogP contribution in [0.1, 0.15) is 30.0 Å². The maximum absolute atomic E-state index is 2.32. The first-order valence-corrected chi connectivity index (χ1v) is 5.32. The van der Waals surface area contributed by atoms with Crippen molar-refractivity contribution in [3.63, 3.8) is 0 Å². The number of hydrogen-bond donors (Lipinski definition) is 0. The summed E-state index contributed by atoms with van der Waals surface area (Å²) in [5, 5.41) is 1.40. The summed E-state index contributed by atoms with van der Waals surface area (Å²) >= 11 is 0. The first kappa shape index (κ1) is 8.10. The highest BCUT2D eigenvalue weighted by molar-refractivity contribution is 5.85. The number of aryl methyl sites for hydroxylation is 2. The Labute approximate surface area is 84.4 Å². The summed E-state index contributed by atoms with van der Waals surface area (Å²) in [6.07, 6.45) is 2.76. The molecule has 0 N–H and O–H groups in total. The molecule has 1 aromatic carbocycles. The van der Waals surface area contributed by atoms with Crippen molar-refractivity contribution in [2.24, 2.45) is 7.05 Å². The number of benzene rings is 1. The molecule has 1 aliphatic rings. The van der Waals surface area contributed by atoms with Crippen LogP contribution < -0.4 is 0 Å². The molecule has 1 heteroatoms. The molecular weight excluding hydrogens is 170 g/mol. The van der Waals surface area contributed by atoms with Crippen molar-refractivity contribution in [1.82, 2.24) is 4.57 Å². The lowest BCUT2D eigenvalue weighted by molar-refractivity contribution is 0.907. The van der Waals surface area contributed by atoms with E-state index in [-0.39, 0.29) is 0 Å². The van der Waals surface area contributed by atoms with Gasteiger partial charge in [-0.25, -0.2) is 0 Å². The smallest absolute Gasteiger partial charge is 0.0515 e. The molecule has 1 aromatic heterocycles. The molecule has 1 heterocycles. The van der Waals surface area contributed by atoms with Crippen molar-refractivity contribution in [1.29, 1.82) is 0 Å². The van der Waals surface area contributed by atoms with E-state index in [1.165, 1.54) is 29.4 Å². The summed E-state index contributed by atoms with van der Waals surface area (Å²) in [4.78, 5) is 0. The van der Waals surface area contributed by atoms with E-state index >= 15 is 0 Å². The van der Waals surface area contributed by atoms with Crippen LogP contribution in [-0.4, -0.2) is 4.57 Å². The number of rotatable bonds is 1. The number of hydrogen-bond acceptors (Lipinski definition) is 0. The summed E-state index contributed by atoms with van der Waals surface area (Å²) in [6, 6.07) is 8.98. The van der Waals surface area contributed by atoms with Crippen LogP contribution >= 0.6 is 0 Å². The highest BCUT2D eigenvalue weighted by Gasteiger charge is 2.26. The minimum Gasteiger partial charge on any atom is -0.348 e. The molecule has 0 saturated heterocycles. The van der Waals surface area contributed by atoms with Gasteiger partial charge in [0, 0.05) is 18.1 Å². The van der Waals surface area contributed by atoms with E-state index in [2.05, 4.69) is 42.8 Å². The average Bonchev–Trinajstić information content (AvgIpc) is 2.96. The second-order valence-electron chi connectivity index (χ2n) is 4.40. The third kappa shape index (κ3) is 1.02. The van der Waals surface area contributed by atoms with Gasteiger partial charge in [0.1, 0.15) is 0 Å². The second kappa shape index (κ2) is 2.63. The maximum atomic E-state index is 2.32. The lowest BCUT2D eigenvalue weighted by Gasteiger charge is -2.05. The molecule has 1 fully saturated rings. The van der Waals surface area contributed by atoms with E-state index in [0.29, 0.717) is 0 Å². The molecule has 2 aromatic rings. The Balaban J connectivity index is 2.37. The topological polar surface area (TPSA) is 4.93 Å². The standard InChI is InChI=1S/C13H15N/c1-9-8-11-4-3-5-12(10-6-7-10)13(11)14(9)2/h3-5,8,10H,6-7H2,1-2H3. The van der Waals surface area contributed by atoms with Gasteiger partial charge in [-0.3, -0.25) is 0 Å². The molecule has 1 aliphatic carbocycles. The normalized spacial score (nSPS) is 16.4. The quantitative estimate of drug-likeness (QED) is 0.642. The Hall–Kier alpha value is -1.24. The zero-order chi connectivity index (χ0) is 9.71. The number of para-hydroxylation sites is 1. The molecule has 3 rings (SSSR count). The summed E-state index contributed by atoms with van der Waals surface area (Å²) < 4.78 is 2.32. The highest BCUT2D eigenvalue weighted by Crippen LogP contribution is 2.43. The van der Waals surface area contributed by atoms with E-state index in [9.17, 15) is 0 Å². The molecular formula is C13H15N. The lowest BCUT2D eigenvalue weighted by Crippen LogP contribution is -1.93. The van der Waals surface area contributed by atoms with Crippen molar-refractivity contribution < 1.29 is 0 Å². The fourth-order valence-corrected chi connectivity index (χ4v) is 2.31. The Bertz CT molecular complexity index is 489. The number of fused-ring (bicyclic) bond motifs is 1. The lowest BCUT2D eigenvalue weighted by atomic mass is 10.1. The van der Waals surface area contributed by atoms with Crippen LogP contribution in [0.3, 0.4) is 0 Å². The van der Waals surface area contributed by atoms with Crippen LogP contribution in [0.25, 0.3) is 10.9 Å². The van der Waals surface area contributed by atoms with Crippen molar-refractivity contribution >= 4 is 10.9 Å². The molecule has 0 atom stereocenters. The number of nitrogens with zero attached hydrogens (tertiary/aromatic N) is 1. The third-order valence-electron chi connectivity index (χ3n) is 3.34. The Morgan fingerprint density at radius 1 is 1.29 bits per heavy atom.